The molecule has 47 heavy (non-hydrogen) atoms. The summed E-state index contributed by atoms with van der Waals surface area (Å²) in [5, 5.41) is 14.6. The third-order valence-corrected chi connectivity index (χ3v) is 9.39. The summed E-state index contributed by atoms with van der Waals surface area (Å²) in [4.78, 5) is 40.3. The molecule has 4 rings (SSSR count). The van der Waals surface area contributed by atoms with E-state index >= 15 is 0 Å². The molecule has 0 aliphatic carbocycles. The van der Waals surface area contributed by atoms with Gasteiger partial charge in [-0.3, -0.25) is 24.0 Å². The lowest BCUT2D eigenvalue weighted by atomic mass is 10.0. The average Bonchev–Trinajstić information content (AvgIpc) is 3.08. The van der Waals surface area contributed by atoms with Gasteiger partial charge in [-0.05, 0) is 54.8 Å². The Hall–Kier alpha value is -5.23. The first-order valence-corrected chi connectivity index (χ1v) is 16.6. The third-order valence-electron chi connectivity index (χ3n) is 7.62. The van der Waals surface area contributed by atoms with Gasteiger partial charge in [0.1, 0.15) is 18.3 Å². The first-order chi connectivity index (χ1) is 22.5. The van der Waals surface area contributed by atoms with Crippen LogP contribution in [0, 0.1) is 17.0 Å². The van der Waals surface area contributed by atoms with Gasteiger partial charge in [-0.25, -0.2) is 8.42 Å². The van der Waals surface area contributed by atoms with Crippen molar-refractivity contribution in [2.45, 2.75) is 44.2 Å². The maximum atomic E-state index is 14.5. The number of benzene rings is 4. The molecule has 0 spiro atoms. The highest BCUT2D eigenvalue weighted by molar-refractivity contribution is 7.92. The van der Waals surface area contributed by atoms with E-state index in [-0.39, 0.29) is 40.7 Å². The van der Waals surface area contributed by atoms with Crippen molar-refractivity contribution in [2.24, 2.45) is 0 Å². The van der Waals surface area contributed by atoms with Crippen LogP contribution in [0.5, 0.6) is 5.75 Å². The van der Waals surface area contributed by atoms with Crippen LogP contribution in [0.25, 0.3) is 0 Å². The number of nitrogens with zero attached hydrogens (tertiary/aromatic N) is 3. The maximum Gasteiger partial charge on any atom is 0.273 e. The molecule has 2 amide bonds. The lowest BCUT2D eigenvalue weighted by Crippen LogP contribution is -2.53. The molecule has 0 unspecified atom stereocenters. The zero-order chi connectivity index (χ0) is 34.0. The number of nitro groups is 1. The summed E-state index contributed by atoms with van der Waals surface area (Å²) in [6.45, 7) is 3.18. The van der Waals surface area contributed by atoms with Crippen LogP contribution in [0.15, 0.2) is 108 Å². The molecule has 0 radical (unpaired) electrons. The number of ether oxygens (including phenoxy) is 1. The van der Waals surface area contributed by atoms with E-state index in [1.807, 2.05) is 67.6 Å². The van der Waals surface area contributed by atoms with Crippen molar-refractivity contribution in [1.29, 1.82) is 0 Å². The van der Waals surface area contributed by atoms with E-state index in [2.05, 4.69) is 5.32 Å². The highest BCUT2D eigenvalue weighted by Gasteiger charge is 2.35. The van der Waals surface area contributed by atoms with Crippen LogP contribution < -0.4 is 14.4 Å². The van der Waals surface area contributed by atoms with Gasteiger partial charge < -0.3 is 15.0 Å². The number of carbonyl (C=O) groups is 2. The van der Waals surface area contributed by atoms with Crippen molar-refractivity contribution in [3.05, 3.63) is 130 Å². The second kappa shape index (κ2) is 15.9. The van der Waals surface area contributed by atoms with Gasteiger partial charge in [-0.1, -0.05) is 73.7 Å². The minimum absolute atomic E-state index is 0.0310. The lowest BCUT2D eigenvalue weighted by molar-refractivity contribution is -0.385. The van der Waals surface area contributed by atoms with Gasteiger partial charge in [0, 0.05) is 31.1 Å². The Balaban J connectivity index is 1.82. The number of aryl methyl sites for hydroxylation is 1. The highest BCUT2D eigenvalue weighted by atomic mass is 32.2. The number of hydrogen-bond acceptors (Lipinski definition) is 7. The monoisotopic (exact) mass is 658 g/mol. The SMILES string of the molecule is CCCNC(=O)[C@H](Cc1ccccc1)N(Cc1ccccc1)C(=O)CN(c1ccc(OC)cc1)S(=O)(=O)c1ccc(C)c([N+](=O)[O-])c1. The van der Waals surface area contributed by atoms with Crippen molar-refractivity contribution in [1.82, 2.24) is 10.2 Å². The van der Waals surface area contributed by atoms with Crippen LogP contribution in [-0.2, 0) is 32.6 Å². The Labute approximate surface area is 275 Å². The Kier molecular flexibility index (Phi) is 11.7. The standard InChI is InChI=1S/C35H38N4O7S/c1-4-21-36-35(41)33(22-27-11-7-5-8-12-27)37(24-28-13-9-6-10-14-28)34(40)25-38(29-16-18-30(46-3)19-17-29)47(44,45)31-20-15-26(2)32(23-31)39(42)43/h5-20,23,33H,4,21-22,24-25H2,1-3H3,(H,36,41)/t33-/m0/s1. The molecule has 4 aromatic rings. The number of anilines is 1. The first kappa shape index (κ1) is 34.6. The van der Waals surface area contributed by atoms with Crippen molar-refractivity contribution in [3.63, 3.8) is 0 Å². The molecule has 0 aliphatic heterocycles. The second-order valence-corrected chi connectivity index (χ2v) is 12.8. The predicted octanol–water partition coefficient (Wildman–Crippen LogP) is 5.27. The Morgan fingerprint density at radius 2 is 1.53 bits per heavy atom. The molecule has 1 N–H and O–H groups in total. The van der Waals surface area contributed by atoms with Crippen LogP contribution in [0.2, 0.25) is 0 Å². The summed E-state index contributed by atoms with van der Waals surface area (Å²) < 4.78 is 34.6. The molecule has 0 saturated heterocycles. The van der Waals surface area contributed by atoms with E-state index in [4.69, 9.17) is 4.74 Å². The fourth-order valence-electron chi connectivity index (χ4n) is 5.05. The molecule has 11 nitrogen and oxygen atoms in total. The number of methoxy groups -OCH3 is 1. The fourth-order valence-corrected chi connectivity index (χ4v) is 6.49. The molecular weight excluding hydrogens is 620 g/mol. The number of nitro benzene ring substituents is 1. The third kappa shape index (κ3) is 8.73. The van der Waals surface area contributed by atoms with E-state index in [1.54, 1.807) is 12.1 Å². The lowest BCUT2D eigenvalue weighted by Gasteiger charge is -2.34. The number of amides is 2. The number of sulfonamides is 1. The number of nitrogens with one attached hydrogen (secondary N) is 1. The smallest absolute Gasteiger partial charge is 0.273 e. The minimum Gasteiger partial charge on any atom is -0.497 e. The van der Waals surface area contributed by atoms with Gasteiger partial charge in [0.05, 0.1) is 22.6 Å². The van der Waals surface area contributed by atoms with Gasteiger partial charge in [0.2, 0.25) is 11.8 Å². The molecule has 1 atom stereocenters. The van der Waals surface area contributed by atoms with Gasteiger partial charge in [0.15, 0.2) is 0 Å². The van der Waals surface area contributed by atoms with Crippen molar-refractivity contribution >= 4 is 33.2 Å². The molecule has 4 aromatic carbocycles. The number of hydrogen-bond donors (Lipinski definition) is 1. The second-order valence-electron chi connectivity index (χ2n) is 10.9. The Morgan fingerprint density at radius 1 is 0.915 bits per heavy atom. The largest absolute Gasteiger partial charge is 0.497 e. The zero-order valence-electron chi connectivity index (χ0n) is 26.5. The molecule has 0 saturated carbocycles. The van der Waals surface area contributed by atoms with E-state index in [0.29, 0.717) is 18.7 Å². The fraction of sp³-hybridized carbons (Fsp3) is 0.257. The molecule has 246 valence electrons. The zero-order valence-corrected chi connectivity index (χ0v) is 27.4. The summed E-state index contributed by atoms with van der Waals surface area (Å²) in [5.74, 6) is -0.542. The molecule has 0 bridgehead atoms. The highest BCUT2D eigenvalue weighted by Crippen LogP contribution is 2.29. The van der Waals surface area contributed by atoms with E-state index in [1.165, 1.54) is 43.2 Å². The molecule has 0 fully saturated rings. The quantitative estimate of drug-likeness (QED) is 0.136. The number of carbonyl (C=O) groups excluding carboxylic acids is 2. The van der Waals surface area contributed by atoms with Crippen molar-refractivity contribution in [3.8, 4) is 5.75 Å². The van der Waals surface area contributed by atoms with Crippen molar-refractivity contribution < 1.29 is 27.7 Å². The van der Waals surface area contributed by atoms with Crippen molar-refractivity contribution in [2.75, 3.05) is 24.5 Å². The number of rotatable bonds is 15. The summed E-state index contributed by atoms with van der Waals surface area (Å²) in [6, 6.07) is 27.1. The van der Waals surface area contributed by atoms with E-state index in [0.717, 1.165) is 21.5 Å². The normalized spacial score (nSPS) is 11.7. The summed E-state index contributed by atoms with van der Waals surface area (Å²) in [6.07, 6.45) is 0.872. The van der Waals surface area contributed by atoms with E-state index in [9.17, 15) is 28.1 Å². The average molecular weight is 659 g/mol. The van der Waals surface area contributed by atoms with Crippen LogP contribution >= 0.6 is 0 Å². The molecule has 0 heterocycles. The Morgan fingerprint density at radius 3 is 2.11 bits per heavy atom. The molecule has 0 aromatic heterocycles. The van der Waals surface area contributed by atoms with Crippen LogP contribution in [0.3, 0.4) is 0 Å². The van der Waals surface area contributed by atoms with E-state index < -0.39 is 33.4 Å². The first-order valence-electron chi connectivity index (χ1n) is 15.1. The van der Waals surface area contributed by atoms with Crippen LogP contribution in [0.1, 0.15) is 30.0 Å². The summed E-state index contributed by atoms with van der Waals surface area (Å²) in [7, 11) is -3.06. The Bertz CT molecular complexity index is 1780. The van der Waals surface area contributed by atoms with Gasteiger partial charge in [0.25, 0.3) is 15.7 Å². The predicted molar refractivity (Wildman–Crippen MR) is 180 cm³/mol. The molecule has 12 heteroatoms. The maximum absolute atomic E-state index is 14.5. The summed E-state index contributed by atoms with van der Waals surface area (Å²) >= 11 is 0. The van der Waals surface area contributed by atoms with Crippen LogP contribution in [-0.4, -0.2) is 56.3 Å². The van der Waals surface area contributed by atoms with Gasteiger partial charge in [-0.2, -0.15) is 0 Å². The van der Waals surface area contributed by atoms with Gasteiger partial charge >= 0.3 is 0 Å². The van der Waals surface area contributed by atoms with Crippen LogP contribution in [0.4, 0.5) is 11.4 Å². The molecular formula is C35H38N4O7S. The minimum atomic E-state index is -4.53. The topological polar surface area (TPSA) is 139 Å². The van der Waals surface area contributed by atoms with Gasteiger partial charge in [-0.15, -0.1) is 0 Å². The summed E-state index contributed by atoms with van der Waals surface area (Å²) in [5.41, 5.74) is 1.62. The molecule has 0 aliphatic rings.